The van der Waals surface area contributed by atoms with Crippen molar-refractivity contribution in [2.24, 2.45) is 0 Å². The number of nitriles is 1. The summed E-state index contributed by atoms with van der Waals surface area (Å²) in [7, 11) is 0. The molecule has 0 bridgehead atoms. The van der Waals surface area contributed by atoms with Crippen LogP contribution in [0.5, 0.6) is 5.75 Å². The first-order chi connectivity index (χ1) is 8.72. The lowest BCUT2D eigenvalue weighted by Gasteiger charge is -2.05. The number of ether oxygens (including phenoxy) is 1. The molecule has 0 radical (unpaired) electrons. The number of nitrogens with zero attached hydrogens (tertiary/aromatic N) is 3. The summed E-state index contributed by atoms with van der Waals surface area (Å²) in [5.41, 5.74) is 2.04. The van der Waals surface area contributed by atoms with Crippen molar-refractivity contribution in [2.75, 3.05) is 6.61 Å². The second kappa shape index (κ2) is 5.28. The van der Waals surface area contributed by atoms with Crippen LogP contribution in [0, 0.1) is 18.3 Å². The predicted molar refractivity (Wildman–Crippen MR) is 68.1 cm³/mol. The lowest BCUT2D eigenvalue weighted by atomic mass is 10.2. The highest BCUT2D eigenvalue weighted by Gasteiger charge is 2.05. The second-order valence-corrected chi connectivity index (χ2v) is 3.79. The van der Waals surface area contributed by atoms with E-state index < -0.39 is 0 Å². The van der Waals surface area contributed by atoms with Gasteiger partial charge in [0.1, 0.15) is 17.5 Å². The molecule has 0 saturated heterocycles. The quantitative estimate of drug-likeness (QED) is 0.826. The van der Waals surface area contributed by atoms with Gasteiger partial charge in [-0.15, -0.1) is 0 Å². The highest BCUT2D eigenvalue weighted by Crippen LogP contribution is 2.19. The number of aromatic nitrogens is 2. The van der Waals surface area contributed by atoms with Gasteiger partial charge in [0.25, 0.3) is 0 Å². The Balaban J connectivity index is 2.36. The minimum Gasteiger partial charge on any atom is -0.494 e. The van der Waals surface area contributed by atoms with Crippen LogP contribution < -0.4 is 4.74 Å². The molecule has 0 fully saturated rings. The highest BCUT2D eigenvalue weighted by molar-refractivity contribution is 5.57. The van der Waals surface area contributed by atoms with Crippen LogP contribution in [0.15, 0.2) is 30.3 Å². The Labute approximate surface area is 106 Å². The number of aryl methyl sites for hydroxylation is 1. The molecule has 2 rings (SSSR count). The third-order valence-electron chi connectivity index (χ3n) is 2.39. The van der Waals surface area contributed by atoms with Crippen molar-refractivity contribution in [3.05, 3.63) is 41.7 Å². The Morgan fingerprint density at radius 1 is 1.22 bits per heavy atom. The Hall–Kier alpha value is -2.41. The molecule has 1 heterocycles. The largest absolute Gasteiger partial charge is 0.494 e. The molecule has 4 heteroatoms. The third kappa shape index (κ3) is 2.64. The van der Waals surface area contributed by atoms with Crippen LogP contribution in [0.25, 0.3) is 11.4 Å². The van der Waals surface area contributed by atoms with Gasteiger partial charge in [0.15, 0.2) is 5.82 Å². The molecule has 0 aliphatic carbocycles. The van der Waals surface area contributed by atoms with Crippen LogP contribution in [0.4, 0.5) is 0 Å². The van der Waals surface area contributed by atoms with E-state index >= 15 is 0 Å². The summed E-state index contributed by atoms with van der Waals surface area (Å²) in [5.74, 6) is 1.38. The Kier molecular flexibility index (Phi) is 3.54. The summed E-state index contributed by atoms with van der Waals surface area (Å²) in [4.78, 5) is 8.51. The van der Waals surface area contributed by atoms with E-state index in [1.807, 2.05) is 44.2 Å². The molecule has 1 aromatic heterocycles. The van der Waals surface area contributed by atoms with E-state index in [0.29, 0.717) is 18.1 Å². The van der Waals surface area contributed by atoms with Gasteiger partial charge in [0.2, 0.25) is 0 Å². The first kappa shape index (κ1) is 12.1. The van der Waals surface area contributed by atoms with Gasteiger partial charge in [-0.3, -0.25) is 0 Å². The monoisotopic (exact) mass is 239 g/mol. The van der Waals surface area contributed by atoms with Crippen LogP contribution in [0.1, 0.15) is 18.3 Å². The van der Waals surface area contributed by atoms with Gasteiger partial charge in [-0.25, -0.2) is 9.97 Å². The molecule has 0 atom stereocenters. The molecule has 0 saturated carbocycles. The van der Waals surface area contributed by atoms with Gasteiger partial charge in [0, 0.05) is 11.3 Å². The van der Waals surface area contributed by atoms with Crippen molar-refractivity contribution >= 4 is 0 Å². The van der Waals surface area contributed by atoms with Crippen molar-refractivity contribution in [1.82, 2.24) is 9.97 Å². The predicted octanol–water partition coefficient (Wildman–Crippen LogP) is 2.72. The van der Waals surface area contributed by atoms with Crippen LogP contribution in [0.3, 0.4) is 0 Å². The Morgan fingerprint density at radius 2 is 1.94 bits per heavy atom. The average molecular weight is 239 g/mol. The van der Waals surface area contributed by atoms with E-state index in [0.717, 1.165) is 17.0 Å². The SMILES string of the molecule is CCOc1ccc(-c2nc(C)cc(C#N)n2)cc1. The lowest BCUT2D eigenvalue weighted by molar-refractivity contribution is 0.340. The maximum absolute atomic E-state index is 8.89. The molecule has 1 aromatic carbocycles. The molecule has 90 valence electrons. The maximum atomic E-state index is 8.89. The van der Waals surface area contributed by atoms with Gasteiger partial charge in [-0.2, -0.15) is 5.26 Å². The molecular weight excluding hydrogens is 226 g/mol. The van der Waals surface area contributed by atoms with Crippen LogP contribution >= 0.6 is 0 Å². The fraction of sp³-hybridized carbons (Fsp3) is 0.214. The van der Waals surface area contributed by atoms with Crippen LogP contribution in [0.2, 0.25) is 0 Å². The maximum Gasteiger partial charge on any atom is 0.160 e. The average Bonchev–Trinajstić information content (AvgIpc) is 2.39. The van der Waals surface area contributed by atoms with Crippen molar-refractivity contribution < 1.29 is 4.74 Å². The normalized spacial score (nSPS) is 9.83. The van der Waals surface area contributed by atoms with Gasteiger partial charge in [-0.05, 0) is 44.2 Å². The number of rotatable bonds is 3. The molecule has 0 aliphatic rings. The fourth-order valence-electron chi connectivity index (χ4n) is 1.62. The molecule has 18 heavy (non-hydrogen) atoms. The van der Waals surface area contributed by atoms with Gasteiger partial charge in [-0.1, -0.05) is 0 Å². The van der Waals surface area contributed by atoms with Gasteiger partial charge < -0.3 is 4.74 Å². The van der Waals surface area contributed by atoms with Crippen molar-refractivity contribution in [3.63, 3.8) is 0 Å². The lowest BCUT2D eigenvalue weighted by Crippen LogP contribution is -1.95. The zero-order valence-corrected chi connectivity index (χ0v) is 10.3. The zero-order valence-electron chi connectivity index (χ0n) is 10.3. The van der Waals surface area contributed by atoms with E-state index in [9.17, 15) is 0 Å². The van der Waals surface area contributed by atoms with Crippen molar-refractivity contribution in [2.45, 2.75) is 13.8 Å². The van der Waals surface area contributed by atoms with Gasteiger partial charge in [0.05, 0.1) is 6.61 Å². The molecule has 0 unspecified atom stereocenters. The second-order valence-electron chi connectivity index (χ2n) is 3.79. The fourth-order valence-corrected chi connectivity index (χ4v) is 1.62. The first-order valence-corrected chi connectivity index (χ1v) is 5.72. The minimum absolute atomic E-state index is 0.381. The highest BCUT2D eigenvalue weighted by atomic mass is 16.5. The summed E-state index contributed by atoms with van der Waals surface area (Å²) in [6.07, 6.45) is 0. The zero-order chi connectivity index (χ0) is 13.0. The van der Waals surface area contributed by atoms with E-state index in [4.69, 9.17) is 10.00 Å². The molecule has 4 nitrogen and oxygen atoms in total. The molecule has 0 N–H and O–H groups in total. The van der Waals surface area contributed by atoms with Crippen LogP contribution in [-0.2, 0) is 0 Å². The molecular formula is C14H13N3O. The van der Waals surface area contributed by atoms with Crippen molar-refractivity contribution in [1.29, 1.82) is 5.26 Å². The Morgan fingerprint density at radius 3 is 2.56 bits per heavy atom. The number of hydrogen-bond acceptors (Lipinski definition) is 4. The minimum atomic E-state index is 0.381. The smallest absolute Gasteiger partial charge is 0.160 e. The summed E-state index contributed by atoms with van der Waals surface area (Å²) in [5, 5.41) is 8.89. The van der Waals surface area contributed by atoms with E-state index in [1.54, 1.807) is 6.07 Å². The Bertz CT molecular complexity index is 585. The molecule has 0 spiro atoms. The van der Waals surface area contributed by atoms with Crippen LogP contribution in [-0.4, -0.2) is 16.6 Å². The first-order valence-electron chi connectivity index (χ1n) is 5.72. The number of hydrogen-bond donors (Lipinski definition) is 0. The molecule has 0 aliphatic heterocycles. The topological polar surface area (TPSA) is 58.8 Å². The number of benzene rings is 1. The van der Waals surface area contributed by atoms with E-state index in [2.05, 4.69) is 9.97 Å². The summed E-state index contributed by atoms with van der Waals surface area (Å²) < 4.78 is 5.37. The van der Waals surface area contributed by atoms with Crippen molar-refractivity contribution in [3.8, 4) is 23.2 Å². The summed E-state index contributed by atoms with van der Waals surface area (Å²) in [6.45, 7) is 4.43. The molecule has 2 aromatic rings. The van der Waals surface area contributed by atoms with Gasteiger partial charge >= 0.3 is 0 Å². The summed E-state index contributed by atoms with van der Waals surface area (Å²) in [6, 6.07) is 11.2. The standard InChI is InChI=1S/C14H13N3O/c1-3-18-13-6-4-11(5-7-13)14-16-10(2)8-12(9-15)17-14/h4-8H,3H2,1-2H3. The van der Waals surface area contributed by atoms with E-state index in [-0.39, 0.29) is 0 Å². The van der Waals surface area contributed by atoms with E-state index in [1.165, 1.54) is 0 Å². The summed E-state index contributed by atoms with van der Waals surface area (Å²) >= 11 is 0. The third-order valence-corrected chi connectivity index (χ3v) is 2.39. The molecule has 0 amide bonds.